The minimum absolute atomic E-state index is 0.0243. The highest BCUT2D eigenvalue weighted by atomic mass is 79.9. The zero-order chi connectivity index (χ0) is 12.4. The van der Waals surface area contributed by atoms with E-state index in [1.807, 2.05) is 12.1 Å². The van der Waals surface area contributed by atoms with Gasteiger partial charge in [-0.15, -0.1) is 0 Å². The maximum absolute atomic E-state index is 10.4. The summed E-state index contributed by atoms with van der Waals surface area (Å²) in [6.07, 6.45) is 0.685. The molecule has 0 atom stereocenters. The Labute approximate surface area is 119 Å². The lowest BCUT2D eigenvalue weighted by atomic mass is 10.2. The van der Waals surface area contributed by atoms with Gasteiger partial charge in [0.1, 0.15) is 17.3 Å². The van der Waals surface area contributed by atoms with Crippen LogP contribution in [-0.2, 0) is 4.79 Å². The van der Waals surface area contributed by atoms with E-state index in [2.05, 4.69) is 36.8 Å². The summed E-state index contributed by atoms with van der Waals surface area (Å²) in [6.45, 7) is -0.0243. The van der Waals surface area contributed by atoms with Crippen molar-refractivity contribution in [2.75, 3.05) is 6.61 Å². The van der Waals surface area contributed by atoms with E-state index < -0.39 is 0 Å². The Balaban J connectivity index is 2.70. The lowest BCUT2D eigenvalue weighted by Gasteiger charge is -2.10. The largest absolute Gasteiger partial charge is 0.483 e. The van der Waals surface area contributed by atoms with Crippen LogP contribution in [0.5, 0.6) is 5.75 Å². The Kier molecular flexibility index (Phi) is 4.01. The molecule has 1 heterocycles. The Hall–Kier alpha value is -0.650. The number of ether oxygens (including phenoxy) is 1. The van der Waals surface area contributed by atoms with Crippen LogP contribution in [-0.4, -0.2) is 17.9 Å². The predicted molar refractivity (Wildman–Crippen MR) is 73.7 cm³/mol. The van der Waals surface area contributed by atoms with Crippen LogP contribution in [0, 0.1) is 0 Å². The number of rotatable bonds is 3. The van der Waals surface area contributed by atoms with E-state index in [1.165, 1.54) is 0 Å². The van der Waals surface area contributed by atoms with Gasteiger partial charge in [0.2, 0.25) is 0 Å². The maximum Gasteiger partial charge on any atom is 0.160 e. The van der Waals surface area contributed by atoms with Crippen LogP contribution in [0.15, 0.2) is 27.1 Å². The topological polar surface area (TPSA) is 39.2 Å². The lowest BCUT2D eigenvalue weighted by Crippen LogP contribution is -2.00. The van der Waals surface area contributed by atoms with Gasteiger partial charge in [0.15, 0.2) is 12.0 Å². The zero-order valence-electron chi connectivity index (χ0n) is 8.41. The summed E-state index contributed by atoms with van der Waals surface area (Å²) in [5.74, 6) is 0.512. The minimum Gasteiger partial charge on any atom is -0.483 e. The van der Waals surface area contributed by atoms with E-state index in [0.717, 1.165) is 9.86 Å². The molecule has 0 saturated carbocycles. The van der Waals surface area contributed by atoms with Gasteiger partial charge in [0, 0.05) is 9.86 Å². The summed E-state index contributed by atoms with van der Waals surface area (Å²) in [6, 6.07) is 5.39. The number of halogens is 3. The second-order valence-corrected chi connectivity index (χ2v) is 5.27. The Morgan fingerprint density at radius 1 is 1.35 bits per heavy atom. The summed E-state index contributed by atoms with van der Waals surface area (Å²) in [7, 11) is 0. The molecule has 17 heavy (non-hydrogen) atoms. The van der Waals surface area contributed by atoms with Crippen molar-refractivity contribution in [1.29, 1.82) is 0 Å². The van der Waals surface area contributed by atoms with Crippen LogP contribution in [0.3, 0.4) is 0 Å². The van der Waals surface area contributed by atoms with Crippen molar-refractivity contribution in [3.8, 4) is 5.75 Å². The van der Waals surface area contributed by atoms with Gasteiger partial charge in [-0.1, -0.05) is 27.5 Å². The monoisotopic (exact) mass is 377 g/mol. The molecule has 0 fully saturated rings. The molecule has 0 aliphatic carbocycles. The molecule has 2 aromatic rings. The summed E-state index contributed by atoms with van der Waals surface area (Å²) in [5, 5.41) is 1.25. The number of hydrogen-bond acceptors (Lipinski definition) is 3. The third-order valence-corrected chi connectivity index (χ3v) is 3.56. The Morgan fingerprint density at radius 3 is 2.82 bits per heavy atom. The van der Waals surface area contributed by atoms with E-state index in [-0.39, 0.29) is 6.61 Å². The number of fused-ring (bicyclic) bond motifs is 1. The number of aromatic nitrogens is 1. The van der Waals surface area contributed by atoms with Crippen LogP contribution < -0.4 is 4.74 Å². The van der Waals surface area contributed by atoms with Gasteiger partial charge in [-0.05, 0) is 34.1 Å². The first kappa shape index (κ1) is 12.8. The quantitative estimate of drug-likeness (QED) is 0.598. The first-order valence-corrected chi connectivity index (χ1v) is 6.60. The summed E-state index contributed by atoms with van der Waals surface area (Å²) < 4.78 is 6.95. The third-order valence-electron chi connectivity index (χ3n) is 2.10. The molecule has 0 aliphatic rings. The maximum atomic E-state index is 10.4. The fraction of sp³-hybridized carbons (Fsp3) is 0.0909. The molecule has 0 aliphatic heterocycles. The summed E-state index contributed by atoms with van der Waals surface area (Å²) in [4.78, 5) is 14.6. The number of pyridine rings is 1. The van der Waals surface area contributed by atoms with E-state index in [0.29, 0.717) is 27.2 Å². The third kappa shape index (κ3) is 2.61. The van der Waals surface area contributed by atoms with Crippen molar-refractivity contribution in [3.05, 3.63) is 32.3 Å². The molecule has 0 unspecified atom stereocenters. The van der Waals surface area contributed by atoms with E-state index >= 15 is 0 Å². The molecule has 2 rings (SSSR count). The van der Waals surface area contributed by atoms with Crippen molar-refractivity contribution in [2.45, 2.75) is 0 Å². The highest BCUT2D eigenvalue weighted by Gasteiger charge is 2.12. The molecule has 0 radical (unpaired) electrons. The SMILES string of the molecule is O=CCOc1c(Br)cc(Br)c2ccc(Cl)nc12. The number of aldehydes is 1. The molecule has 0 saturated heterocycles. The van der Waals surface area contributed by atoms with Crippen molar-refractivity contribution < 1.29 is 9.53 Å². The number of carbonyl (C=O) groups excluding carboxylic acids is 1. The number of hydrogen-bond donors (Lipinski definition) is 0. The minimum atomic E-state index is -0.0243. The molecular weight excluding hydrogens is 373 g/mol. The van der Waals surface area contributed by atoms with Crippen molar-refractivity contribution in [1.82, 2.24) is 4.98 Å². The second-order valence-electron chi connectivity index (χ2n) is 3.18. The Morgan fingerprint density at radius 2 is 2.12 bits per heavy atom. The molecule has 1 aromatic heterocycles. The van der Waals surface area contributed by atoms with Crippen molar-refractivity contribution >= 4 is 60.6 Å². The fourth-order valence-electron chi connectivity index (χ4n) is 1.42. The van der Waals surface area contributed by atoms with Crippen LogP contribution in [0.4, 0.5) is 0 Å². The highest BCUT2D eigenvalue weighted by molar-refractivity contribution is 9.11. The lowest BCUT2D eigenvalue weighted by molar-refractivity contribution is -0.109. The number of carbonyl (C=O) groups is 1. The number of benzene rings is 1. The van der Waals surface area contributed by atoms with Gasteiger partial charge in [0.25, 0.3) is 0 Å². The van der Waals surface area contributed by atoms with Crippen LogP contribution in [0.1, 0.15) is 0 Å². The molecule has 3 nitrogen and oxygen atoms in total. The molecule has 88 valence electrons. The van der Waals surface area contributed by atoms with Gasteiger partial charge in [0.05, 0.1) is 4.47 Å². The van der Waals surface area contributed by atoms with E-state index in [1.54, 1.807) is 6.07 Å². The van der Waals surface area contributed by atoms with Crippen molar-refractivity contribution in [3.63, 3.8) is 0 Å². The molecule has 6 heteroatoms. The van der Waals surface area contributed by atoms with Crippen LogP contribution >= 0.6 is 43.5 Å². The molecular formula is C11H6Br2ClNO2. The molecule has 1 aromatic carbocycles. The normalized spacial score (nSPS) is 10.5. The van der Waals surface area contributed by atoms with E-state index in [4.69, 9.17) is 16.3 Å². The highest BCUT2D eigenvalue weighted by Crippen LogP contribution is 2.37. The first-order valence-electron chi connectivity index (χ1n) is 4.64. The molecule has 0 N–H and O–H groups in total. The number of nitrogens with zero attached hydrogens (tertiary/aromatic N) is 1. The first-order chi connectivity index (χ1) is 8.13. The van der Waals surface area contributed by atoms with E-state index in [9.17, 15) is 4.79 Å². The summed E-state index contributed by atoms with van der Waals surface area (Å²) in [5.41, 5.74) is 0.612. The van der Waals surface area contributed by atoms with Gasteiger partial charge in [-0.2, -0.15) is 0 Å². The second kappa shape index (κ2) is 5.33. The van der Waals surface area contributed by atoms with Crippen LogP contribution in [0.2, 0.25) is 5.15 Å². The van der Waals surface area contributed by atoms with Gasteiger partial charge < -0.3 is 4.74 Å². The molecule has 0 spiro atoms. The average Bonchev–Trinajstić information content (AvgIpc) is 2.28. The zero-order valence-corrected chi connectivity index (χ0v) is 12.3. The van der Waals surface area contributed by atoms with Gasteiger partial charge in [-0.3, -0.25) is 4.79 Å². The average molecular weight is 379 g/mol. The summed E-state index contributed by atoms with van der Waals surface area (Å²) >= 11 is 12.7. The van der Waals surface area contributed by atoms with Gasteiger partial charge in [-0.25, -0.2) is 4.98 Å². The molecule has 0 amide bonds. The predicted octanol–water partition coefficient (Wildman–Crippen LogP) is 3.99. The standard InChI is InChI=1S/C11H6Br2ClNO2/c12-7-5-8(13)11(17-4-3-16)10-6(7)1-2-9(14)15-10/h1-3,5H,4H2. The molecule has 0 bridgehead atoms. The van der Waals surface area contributed by atoms with Crippen molar-refractivity contribution in [2.24, 2.45) is 0 Å². The smallest absolute Gasteiger partial charge is 0.160 e. The van der Waals surface area contributed by atoms with Crippen LogP contribution in [0.25, 0.3) is 10.9 Å². The van der Waals surface area contributed by atoms with Gasteiger partial charge >= 0.3 is 0 Å². The Bertz CT molecular complexity index is 589. The fourth-order valence-corrected chi connectivity index (χ4v) is 2.96.